The van der Waals surface area contributed by atoms with Crippen LogP contribution in [-0.2, 0) is 27.1 Å². The first-order valence-corrected chi connectivity index (χ1v) is 27.6. The predicted octanol–water partition coefficient (Wildman–Crippen LogP) is 17.5. The van der Waals surface area contributed by atoms with Crippen molar-refractivity contribution in [3.05, 3.63) is 191 Å². The summed E-state index contributed by atoms with van der Waals surface area (Å²) in [6.07, 6.45) is 3.48. The van der Waals surface area contributed by atoms with Gasteiger partial charge in [0.15, 0.2) is 0 Å². The molecular formula is C68H68BN3S. The van der Waals surface area contributed by atoms with E-state index in [-0.39, 0.29) is 33.8 Å². The van der Waals surface area contributed by atoms with Crippen LogP contribution in [0.1, 0.15) is 129 Å². The minimum atomic E-state index is -0.00665. The lowest BCUT2D eigenvalue weighted by atomic mass is 9.33. The van der Waals surface area contributed by atoms with Crippen molar-refractivity contribution in [1.29, 1.82) is 0 Å². The molecule has 0 saturated heterocycles. The van der Waals surface area contributed by atoms with Gasteiger partial charge in [-0.15, -0.1) is 11.3 Å². The minimum absolute atomic E-state index is 0.00665. The van der Waals surface area contributed by atoms with Gasteiger partial charge in [0.25, 0.3) is 6.71 Å². The van der Waals surface area contributed by atoms with E-state index < -0.39 is 0 Å². The van der Waals surface area contributed by atoms with E-state index in [1.54, 1.807) is 0 Å². The molecule has 2 aliphatic carbocycles. The smallest absolute Gasteiger partial charge is 0.252 e. The molecule has 0 atom stereocenters. The van der Waals surface area contributed by atoms with E-state index in [0.29, 0.717) is 0 Å². The lowest BCUT2D eigenvalue weighted by Crippen LogP contribution is -2.61. The number of para-hydroxylation sites is 2. The summed E-state index contributed by atoms with van der Waals surface area (Å²) in [5, 5.41) is 2.63. The lowest BCUT2D eigenvalue weighted by molar-refractivity contribution is 0.332. The Morgan fingerprint density at radius 2 is 1.10 bits per heavy atom. The second kappa shape index (κ2) is 15.7. The summed E-state index contributed by atoms with van der Waals surface area (Å²) in [4.78, 5) is 7.78. The molecule has 3 heterocycles. The van der Waals surface area contributed by atoms with Crippen molar-refractivity contribution in [3.8, 4) is 0 Å². The van der Waals surface area contributed by atoms with Crippen LogP contribution in [0.5, 0.6) is 0 Å². The molecule has 5 heteroatoms. The first-order valence-electron chi connectivity index (χ1n) is 26.8. The highest BCUT2D eigenvalue weighted by Gasteiger charge is 2.49. The van der Waals surface area contributed by atoms with Crippen LogP contribution in [-0.4, -0.2) is 6.71 Å². The van der Waals surface area contributed by atoms with Gasteiger partial charge in [-0.05, 0) is 182 Å². The summed E-state index contributed by atoms with van der Waals surface area (Å²) >= 11 is 1.94. The summed E-state index contributed by atoms with van der Waals surface area (Å²) in [5.74, 6) is 0. The maximum absolute atomic E-state index is 2.69. The number of hydrogen-bond acceptors (Lipinski definition) is 4. The molecule has 364 valence electrons. The fourth-order valence-corrected chi connectivity index (χ4v) is 15.2. The van der Waals surface area contributed by atoms with E-state index >= 15 is 0 Å². The van der Waals surface area contributed by atoms with Gasteiger partial charge < -0.3 is 14.7 Å². The maximum atomic E-state index is 2.69. The molecule has 9 aromatic rings. The molecule has 0 saturated carbocycles. The second-order valence-corrected chi connectivity index (χ2v) is 26.7. The SMILES string of the molecule is Cc1cc2c3c(c1)N(c1cccc4c1sc1cc(C(C)(C)C)ccc14)c1cc(N(c4ccccc4)c4ccccc4)ccc1B3c1cc3c(cc1N2c1ccc2c(c1)C(C)(C)CCC2(C)C)C(C)(C)CC3(C)C. The van der Waals surface area contributed by atoms with E-state index in [2.05, 4.69) is 256 Å². The Bertz CT molecular complexity index is 3700. The molecule has 0 bridgehead atoms. The zero-order chi connectivity index (χ0) is 50.7. The molecule has 1 aromatic heterocycles. The third kappa shape index (κ3) is 7.04. The Kier molecular flexibility index (Phi) is 9.97. The van der Waals surface area contributed by atoms with Gasteiger partial charge in [0.05, 0.1) is 10.4 Å². The van der Waals surface area contributed by atoms with E-state index in [0.717, 1.165) is 23.5 Å². The summed E-state index contributed by atoms with van der Waals surface area (Å²) in [7, 11) is 0. The molecule has 8 aromatic carbocycles. The number of rotatable bonds is 5. The largest absolute Gasteiger partial charge is 0.311 e. The van der Waals surface area contributed by atoms with Gasteiger partial charge in [-0.2, -0.15) is 0 Å². The number of aryl methyl sites for hydroxylation is 1. The molecule has 0 spiro atoms. The minimum Gasteiger partial charge on any atom is -0.311 e. The zero-order valence-electron chi connectivity index (χ0n) is 45.0. The number of thiophene rings is 1. The van der Waals surface area contributed by atoms with Crippen molar-refractivity contribution >= 4 is 106 Å². The Morgan fingerprint density at radius 1 is 0.479 bits per heavy atom. The Hall–Kier alpha value is -6.56. The van der Waals surface area contributed by atoms with E-state index in [4.69, 9.17) is 0 Å². The molecule has 0 fully saturated rings. The molecule has 2 aliphatic heterocycles. The van der Waals surface area contributed by atoms with Gasteiger partial charge in [0.2, 0.25) is 0 Å². The highest BCUT2D eigenvalue weighted by Crippen LogP contribution is 2.55. The third-order valence-corrected chi connectivity index (χ3v) is 18.8. The van der Waals surface area contributed by atoms with E-state index in [1.165, 1.54) is 117 Å². The fraction of sp³-hybridized carbons (Fsp3) is 0.294. The summed E-state index contributed by atoms with van der Waals surface area (Å²) in [6.45, 7) is 29.0. The molecule has 73 heavy (non-hydrogen) atoms. The van der Waals surface area contributed by atoms with Crippen LogP contribution in [0.3, 0.4) is 0 Å². The topological polar surface area (TPSA) is 9.72 Å². The van der Waals surface area contributed by atoms with Gasteiger partial charge in [-0.3, -0.25) is 0 Å². The third-order valence-electron chi connectivity index (χ3n) is 17.6. The molecule has 0 unspecified atom stereocenters. The van der Waals surface area contributed by atoms with Gasteiger partial charge in [-0.25, -0.2) is 0 Å². The number of nitrogens with zero attached hydrogens (tertiary/aromatic N) is 3. The molecule has 4 aliphatic rings. The van der Waals surface area contributed by atoms with Crippen molar-refractivity contribution in [1.82, 2.24) is 0 Å². The number of anilines is 9. The summed E-state index contributed by atoms with van der Waals surface area (Å²) in [6, 6.07) is 61.2. The van der Waals surface area contributed by atoms with E-state index in [1.807, 2.05) is 11.3 Å². The predicted molar refractivity (Wildman–Crippen MR) is 317 cm³/mol. The Labute approximate surface area is 438 Å². The molecular weight excluding hydrogens is 902 g/mol. The second-order valence-electron chi connectivity index (χ2n) is 25.7. The first kappa shape index (κ1) is 46.2. The molecule has 3 nitrogen and oxygen atoms in total. The van der Waals surface area contributed by atoms with Crippen LogP contribution < -0.4 is 31.1 Å². The van der Waals surface area contributed by atoms with Gasteiger partial charge in [-0.1, -0.05) is 155 Å². The summed E-state index contributed by atoms with van der Waals surface area (Å²) in [5.41, 5.74) is 23.9. The van der Waals surface area contributed by atoms with Gasteiger partial charge in [0, 0.05) is 61.0 Å². The molecule has 13 rings (SSSR count). The number of fused-ring (bicyclic) bond motifs is 9. The van der Waals surface area contributed by atoms with Gasteiger partial charge >= 0.3 is 0 Å². The van der Waals surface area contributed by atoms with Crippen molar-refractivity contribution in [2.45, 2.75) is 129 Å². The normalized spacial score (nSPS) is 17.5. The number of hydrogen-bond donors (Lipinski definition) is 0. The average molecular weight is 970 g/mol. The van der Waals surface area contributed by atoms with Crippen LogP contribution in [0.2, 0.25) is 0 Å². The highest BCUT2D eigenvalue weighted by atomic mass is 32.1. The molecule has 0 N–H and O–H groups in total. The van der Waals surface area contributed by atoms with Crippen LogP contribution in [0.25, 0.3) is 20.2 Å². The maximum Gasteiger partial charge on any atom is 0.252 e. The monoisotopic (exact) mass is 970 g/mol. The highest BCUT2D eigenvalue weighted by molar-refractivity contribution is 7.26. The molecule has 0 radical (unpaired) electrons. The van der Waals surface area contributed by atoms with Crippen molar-refractivity contribution in [2.75, 3.05) is 14.7 Å². The quantitative estimate of drug-likeness (QED) is 0.159. The number of benzene rings is 8. The van der Waals surface area contributed by atoms with Crippen LogP contribution in [0, 0.1) is 6.92 Å². The van der Waals surface area contributed by atoms with E-state index in [9.17, 15) is 0 Å². The Morgan fingerprint density at radius 3 is 1.77 bits per heavy atom. The van der Waals surface area contributed by atoms with Crippen LogP contribution >= 0.6 is 11.3 Å². The Balaban J connectivity index is 1.13. The van der Waals surface area contributed by atoms with Crippen LogP contribution in [0.4, 0.5) is 51.2 Å². The first-order chi connectivity index (χ1) is 34.7. The van der Waals surface area contributed by atoms with Crippen molar-refractivity contribution in [2.24, 2.45) is 0 Å². The summed E-state index contributed by atoms with van der Waals surface area (Å²) < 4.78 is 2.65. The standard InChI is InChI=1S/C68H68BN3S/c1-42-34-59-62-60(35-42)72(56-25-19-24-49-48-29-26-43(64(2,3)4)36-61(48)73-63(49)56)57-38-47(70(44-20-15-13-16-21-44)45-22-17-14-18-23-45)28-31-54(57)69(62)55-39-52-53(68(11,12)41-67(52,9)10)40-58(55)71(59)46-27-30-50-51(37-46)66(7,8)33-32-65(50,5)6/h13-31,34-40H,32-33,41H2,1-12H3. The fourth-order valence-electron chi connectivity index (χ4n) is 14.0. The van der Waals surface area contributed by atoms with Gasteiger partial charge in [0.1, 0.15) is 0 Å². The van der Waals surface area contributed by atoms with Crippen molar-refractivity contribution < 1.29 is 0 Å². The molecule has 0 amide bonds. The van der Waals surface area contributed by atoms with Crippen LogP contribution in [0.15, 0.2) is 158 Å². The van der Waals surface area contributed by atoms with Crippen molar-refractivity contribution in [3.63, 3.8) is 0 Å². The average Bonchev–Trinajstić information content (AvgIpc) is 3.83. The zero-order valence-corrected chi connectivity index (χ0v) is 45.8. The lowest BCUT2D eigenvalue weighted by Gasteiger charge is -2.46.